The van der Waals surface area contributed by atoms with E-state index < -0.39 is 17.2 Å². The van der Waals surface area contributed by atoms with Gasteiger partial charge < -0.3 is 9.88 Å². The Morgan fingerprint density at radius 3 is 2.74 bits per heavy atom. The van der Waals surface area contributed by atoms with Gasteiger partial charge in [-0.1, -0.05) is 22.0 Å². The van der Waals surface area contributed by atoms with Gasteiger partial charge in [-0.05, 0) is 36.4 Å². The Balaban J connectivity index is 2.07. The van der Waals surface area contributed by atoms with E-state index in [0.29, 0.717) is 11.2 Å². The lowest BCUT2D eigenvalue weighted by Crippen LogP contribution is -2.23. The molecule has 6 heteroatoms. The Kier molecular flexibility index (Phi) is 4.00. The summed E-state index contributed by atoms with van der Waals surface area (Å²) in [5.74, 6) is -1.05. The lowest BCUT2D eigenvalue weighted by Gasteiger charge is -2.10. The van der Waals surface area contributed by atoms with E-state index in [4.69, 9.17) is 0 Å². The number of amides is 1. The first kappa shape index (κ1) is 15.4. The monoisotopic (exact) mass is 374 g/mol. The van der Waals surface area contributed by atoms with Crippen LogP contribution in [0.4, 0.5) is 10.1 Å². The number of nitrogens with zero attached hydrogens (tertiary/aromatic N) is 1. The summed E-state index contributed by atoms with van der Waals surface area (Å²) in [5.41, 5.74) is 0.594. The van der Waals surface area contributed by atoms with Crippen molar-refractivity contribution in [2.45, 2.75) is 0 Å². The molecule has 0 atom stereocenters. The van der Waals surface area contributed by atoms with Gasteiger partial charge in [-0.15, -0.1) is 0 Å². The molecule has 4 nitrogen and oxygen atoms in total. The predicted octanol–water partition coefficient (Wildman–Crippen LogP) is 3.69. The summed E-state index contributed by atoms with van der Waals surface area (Å²) in [6, 6.07) is 11.0. The first-order chi connectivity index (χ1) is 11.0. The summed E-state index contributed by atoms with van der Waals surface area (Å²) in [5, 5.41) is 2.85. The number of aryl methyl sites for hydroxylation is 1. The summed E-state index contributed by atoms with van der Waals surface area (Å²) < 4.78 is 15.9. The molecule has 1 heterocycles. The van der Waals surface area contributed by atoms with Gasteiger partial charge in [0.15, 0.2) is 0 Å². The molecular weight excluding hydrogens is 363 g/mol. The lowest BCUT2D eigenvalue weighted by atomic mass is 10.1. The maximum Gasteiger partial charge on any atom is 0.261 e. The summed E-state index contributed by atoms with van der Waals surface area (Å²) >= 11 is 3.32. The van der Waals surface area contributed by atoms with Crippen LogP contribution in [0, 0.1) is 5.82 Å². The van der Waals surface area contributed by atoms with E-state index in [-0.39, 0.29) is 10.9 Å². The van der Waals surface area contributed by atoms with Gasteiger partial charge >= 0.3 is 0 Å². The Morgan fingerprint density at radius 1 is 1.22 bits per heavy atom. The van der Waals surface area contributed by atoms with Crippen LogP contribution in [0.1, 0.15) is 10.4 Å². The molecule has 0 unspecified atom stereocenters. The van der Waals surface area contributed by atoms with Crippen molar-refractivity contribution in [2.24, 2.45) is 7.05 Å². The molecule has 0 aliphatic rings. The predicted molar refractivity (Wildman–Crippen MR) is 91.2 cm³/mol. The molecule has 116 valence electrons. The molecule has 1 aromatic heterocycles. The highest BCUT2D eigenvalue weighted by Gasteiger charge is 2.15. The fourth-order valence-electron chi connectivity index (χ4n) is 2.39. The topological polar surface area (TPSA) is 51.1 Å². The number of fused-ring (bicyclic) bond motifs is 1. The van der Waals surface area contributed by atoms with Gasteiger partial charge in [-0.3, -0.25) is 9.59 Å². The summed E-state index contributed by atoms with van der Waals surface area (Å²) in [6.45, 7) is 0. The first-order valence-corrected chi connectivity index (χ1v) is 7.61. The van der Waals surface area contributed by atoms with Crippen LogP contribution in [0.15, 0.2) is 57.9 Å². The maximum atomic E-state index is 13.4. The molecule has 0 bridgehead atoms. The number of benzene rings is 2. The highest BCUT2D eigenvalue weighted by atomic mass is 79.9. The zero-order valence-electron chi connectivity index (χ0n) is 12.1. The van der Waals surface area contributed by atoms with Gasteiger partial charge in [0.05, 0.1) is 5.52 Å². The molecule has 0 aliphatic heterocycles. The molecule has 0 radical (unpaired) electrons. The minimum absolute atomic E-state index is 0.0365. The lowest BCUT2D eigenvalue weighted by molar-refractivity contribution is 0.102. The third kappa shape index (κ3) is 3.03. The molecule has 0 saturated heterocycles. The minimum atomic E-state index is -0.533. The maximum absolute atomic E-state index is 13.4. The van der Waals surface area contributed by atoms with E-state index in [9.17, 15) is 14.0 Å². The highest BCUT2D eigenvalue weighted by molar-refractivity contribution is 9.10. The molecule has 1 N–H and O–H groups in total. The summed E-state index contributed by atoms with van der Waals surface area (Å²) in [6.07, 6.45) is 1.45. The molecule has 2 aromatic carbocycles. The molecular formula is C17H12BrFN2O2. The minimum Gasteiger partial charge on any atom is -0.350 e. The number of carbonyl (C=O) groups is 1. The number of halogens is 2. The van der Waals surface area contributed by atoms with Crippen LogP contribution in [0.5, 0.6) is 0 Å². The Labute approximate surface area is 139 Å². The molecule has 23 heavy (non-hydrogen) atoms. The Bertz CT molecular complexity index is 982. The number of nitrogens with one attached hydrogen (secondary N) is 1. The second kappa shape index (κ2) is 5.96. The van der Waals surface area contributed by atoms with Crippen molar-refractivity contribution in [3.63, 3.8) is 0 Å². The van der Waals surface area contributed by atoms with Crippen LogP contribution in [0.2, 0.25) is 0 Å². The van der Waals surface area contributed by atoms with E-state index in [0.717, 1.165) is 10.5 Å². The average molecular weight is 375 g/mol. The van der Waals surface area contributed by atoms with Gasteiger partial charge in [-0.25, -0.2) is 4.39 Å². The van der Waals surface area contributed by atoms with Crippen molar-refractivity contribution in [1.82, 2.24) is 4.57 Å². The second-order valence-corrected chi connectivity index (χ2v) is 6.02. The summed E-state index contributed by atoms with van der Waals surface area (Å²) in [7, 11) is 1.70. The molecule has 3 aromatic rings. The number of rotatable bonds is 2. The molecule has 3 rings (SSSR count). The normalized spacial score (nSPS) is 10.7. The highest BCUT2D eigenvalue weighted by Crippen LogP contribution is 2.17. The molecule has 0 saturated carbocycles. The van der Waals surface area contributed by atoms with Crippen LogP contribution in [-0.4, -0.2) is 10.5 Å². The average Bonchev–Trinajstić information content (AvgIpc) is 2.50. The zero-order chi connectivity index (χ0) is 16.6. The van der Waals surface area contributed by atoms with Gasteiger partial charge in [0.25, 0.3) is 5.91 Å². The van der Waals surface area contributed by atoms with E-state index in [2.05, 4.69) is 21.2 Å². The first-order valence-electron chi connectivity index (χ1n) is 6.81. The number of carbonyl (C=O) groups excluding carboxylic acids is 1. The van der Waals surface area contributed by atoms with Crippen LogP contribution in [0.25, 0.3) is 10.9 Å². The zero-order valence-corrected chi connectivity index (χ0v) is 13.7. The summed E-state index contributed by atoms with van der Waals surface area (Å²) in [4.78, 5) is 24.9. The van der Waals surface area contributed by atoms with Crippen LogP contribution in [-0.2, 0) is 7.05 Å². The largest absolute Gasteiger partial charge is 0.350 e. The second-order valence-electron chi connectivity index (χ2n) is 5.11. The number of aromatic nitrogens is 1. The number of hydrogen-bond donors (Lipinski definition) is 1. The van der Waals surface area contributed by atoms with E-state index >= 15 is 0 Å². The van der Waals surface area contributed by atoms with Crippen molar-refractivity contribution in [2.75, 3.05) is 5.32 Å². The Hall–Kier alpha value is -2.47. The quantitative estimate of drug-likeness (QED) is 0.743. The van der Waals surface area contributed by atoms with Crippen LogP contribution in [0.3, 0.4) is 0 Å². The molecule has 0 spiro atoms. The van der Waals surface area contributed by atoms with Crippen molar-refractivity contribution < 1.29 is 9.18 Å². The van der Waals surface area contributed by atoms with E-state index in [1.165, 1.54) is 18.3 Å². The van der Waals surface area contributed by atoms with Crippen molar-refractivity contribution in [3.05, 3.63) is 74.7 Å². The SMILES string of the molecule is Cn1cc(C(=O)Nc2cccc(Br)c2)c(=O)c2cc(F)ccc21. The molecule has 0 fully saturated rings. The van der Waals surface area contributed by atoms with Crippen molar-refractivity contribution in [1.29, 1.82) is 0 Å². The third-order valence-electron chi connectivity index (χ3n) is 3.48. The number of pyridine rings is 1. The molecule has 1 amide bonds. The van der Waals surface area contributed by atoms with Crippen LogP contribution >= 0.6 is 15.9 Å². The van der Waals surface area contributed by atoms with Crippen LogP contribution < -0.4 is 10.7 Å². The third-order valence-corrected chi connectivity index (χ3v) is 3.97. The van der Waals surface area contributed by atoms with Gasteiger partial charge in [0.1, 0.15) is 11.4 Å². The Morgan fingerprint density at radius 2 is 2.00 bits per heavy atom. The van der Waals surface area contributed by atoms with Gasteiger partial charge in [-0.2, -0.15) is 0 Å². The number of hydrogen-bond acceptors (Lipinski definition) is 2. The van der Waals surface area contributed by atoms with Crippen molar-refractivity contribution in [3.8, 4) is 0 Å². The standard InChI is InChI=1S/C17H12BrFN2O2/c1-21-9-14(16(22)13-8-11(19)5-6-15(13)21)17(23)20-12-4-2-3-10(18)7-12/h2-9H,1H3,(H,20,23). The van der Waals surface area contributed by atoms with E-state index in [1.807, 2.05) is 6.07 Å². The van der Waals surface area contributed by atoms with E-state index in [1.54, 1.807) is 29.8 Å². The fourth-order valence-corrected chi connectivity index (χ4v) is 2.79. The van der Waals surface area contributed by atoms with Crippen molar-refractivity contribution >= 4 is 38.4 Å². The molecule has 0 aliphatic carbocycles. The van der Waals surface area contributed by atoms with Gasteiger partial charge in [0.2, 0.25) is 5.43 Å². The van der Waals surface area contributed by atoms with Gasteiger partial charge in [0, 0.05) is 28.8 Å². The smallest absolute Gasteiger partial charge is 0.261 e. The fraction of sp³-hybridized carbons (Fsp3) is 0.0588. The number of anilines is 1.